The van der Waals surface area contributed by atoms with Crippen molar-refractivity contribution in [3.8, 4) is 11.5 Å². The summed E-state index contributed by atoms with van der Waals surface area (Å²) in [5.41, 5.74) is 0.920. The number of rotatable bonds is 6. The monoisotopic (exact) mass is 328 g/mol. The Labute approximate surface area is 156 Å². The molecule has 1 unspecified atom stereocenters. The minimum Gasteiger partial charge on any atom is -0.546 e. The second-order valence-corrected chi connectivity index (χ2v) is 4.85. The average molecular weight is 329 g/mol. The summed E-state index contributed by atoms with van der Waals surface area (Å²) in [4.78, 5) is 10.6. The number of hydrogen-bond acceptors (Lipinski definition) is 4. The third-order valence-electron chi connectivity index (χ3n) is 2.80. The Balaban J connectivity index is 0.00000242. The number of halogens is 1. The van der Waals surface area contributed by atoms with Crippen molar-refractivity contribution in [2.24, 2.45) is 0 Å². The first kappa shape index (κ1) is 18.8. The fourth-order valence-corrected chi connectivity index (χ4v) is 1.83. The van der Waals surface area contributed by atoms with E-state index in [1.165, 1.54) is 6.92 Å². The van der Waals surface area contributed by atoms with Crippen LogP contribution in [0.25, 0.3) is 0 Å². The fraction of sp³-hybridized carbons (Fsp3) is 0.188. The van der Waals surface area contributed by atoms with E-state index in [4.69, 9.17) is 21.1 Å². The molecule has 2 aromatic carbocycles. The number of carbonyl (C=O) groups excluding carboxylic acids is 1. The van der Waals surface area contributed by atoms with Gasteiger partial charge in [-0.2, -0.15) is 0 Å². The molecule has 2 aromatic rings. The topological polar surface area (TPSA) is 58.6 Å². The van der Waals surface area contributed by atoms with Gasteiger partial charge in [0.15, 0.2) is 0 Å². The molecule has 0 spiro atoms. The van der Waals surface area contributed by atoms with E-state index in [1.807, 2.05) is 12.1 Å². The van der Waals surface area contributed by atoms with Gasteiger partial charge in [0.05, 0.1) is 11.0 Å². The molecule has 0 N–H and O–H groups in total. The molecular weight excluding hydrogens is 315 g/mol. The minimum atomic E-state index is -1.25. The van der Waals surface area contributed by atoms with Gasteiger partial charge in [-0.1, -0.05) is 35.9 Å². The maximum absolute atomic E-state index is 10.6. The van der Waals surface area contributed by atoms with Gasteiger partial charge in [0.2, 0.25) is 0 Å². The van der Waals surface area contributed by atoms with Crippen LogP contribution in [-0.4, -0.2) is 12.1 Å². The van der Waals surface area contributed by atoms with E-state index in [1.54, 1.807) is 36.4 Å². The Hall–Kier alpha value is -1.20. The summed E-state index contributed by atoms with van der Waals surface area (Å²) in [6, 6.07) is 14.2. The van der Waals surface area contributed by atoms with Gasteiger partial charge in [-0.25, -0.2) is 0 Å². The molecule has 0 aliphatic rings. The van der Waals surface area contributed by atoms with Crippen LogP contribution >= 0.6 is 11.6 Å². The van der Waals surface area contributed by atoms with Gasteiger partial charge in [-0.15, -0.1) is 0 Å². The van der Waals surface area contributed by atoms with Crippen molar-refractivity contribution >= 4 is 17.6 Å². The maximum Gasteiger partial charge on any atom is 1.00 e. The van der Waals surface area contributed by atoms with Crippen molar-refractivity contribution in [3.05, 3.63) is 59.1 Å². The van der Waals surface area contributed by atoms with Gasteiger partial charge in [0.25, 0.3) is 0 Å². The van der Waals surface area contributed by atoms with Crippen molar-refractivity contribution in [1.82, 2.24) is 0 Å². The van der Waals surface area contributed by atoms with Gasteiger partial charge in [0, 0.05) is 0 Å². The Bertz CT molecular complexity index is 616. The molecule has 0 saturated carbocycles. The van der Waals surface area contributed by atoms with E-state index in [-0.39, 0.29) is 29.6 Å². The molecule has 0 fully saturated rings. The Kier molecular flexibility index (Phi) is 7.76. The molecule has 0 amide bonds. The van der Waals surface area contributed by atoms with Crippen LogP contribution in [-0.2, 0) is 11.4 Å². The Morgan fingerprint density at radius 3 is 2.41 bits per heavy atom. The van der Waals surface area contributed by atoms with Crippen molar-refractivity contribution < 1.29 is 48.9 Å². The number of carboxylic acid groups (broad SMARTS) is 1. The summed E-state index contributed by atoms with van der Waals surface area (Å²) in [6.45, 7) is 1.78. The van der Waals surface area contributed by atoms with E-state index >= 15 is 0 Å². The van der Waals surface area contributed by atoms with E-state index in [9.17, 15) is 9.90 Å². The fourth-order valence-electron chi connectivity index (χ4n) is 1.64. The number of aliphatic carboxylic acids is 1. The van der Waals surface area contributed by atoms with Crippen molar-refractivity contribution in [3.63, 3.8) is 0 Å². The molecule has 0 aliphatic carbocycles. The summed E-state index contributed by atoms with van der Waals surface area (Å²) in [6.07, 6.45) is -0.991. The summed E-state index contributed by atoms with van der Waals surface area (Å²) in [7, 11) is 0. The van der Waals surface area contributed by atoms with Crippen molar-refractivity contribution in [2.45, 2.75) is 19.6 Å². The zero-order valence-electron chi connectivity index (χ0n) is 12.4. The molecule has 0 aliphatic heterocycles. The summed E-state index contributed by atoms with van der Waals surface area (Å²) in [5.74, 6) is -0.167. The first-order valence-electron chi connectivity index (χ1n) is 6.40. The molecule has 0 heterocycles. The molecule has 0 bridgehead atoms. The molecule has 2 rings (SSSR count). The van der Waals surface area contributed by atoms with Crippen LogP contribution in [0.4, 0.5) is 0 Å². The first-order chi connectivity index (χ1) is 10.1. The summed E-state index contributed by atoms with van der Waals surface area (Å²) >= 11 is 6.00. The average Bonchev–Trinajstić information content (AvgIpc) is 2.48. The molecule has 6 heteroatoms. The predicted molar refractivity (Wildman–Crippen MR) is 77.3 cm³/mol. The molecule has 110 valence electrons. The molecule has 1 atom stereocenters. The second-order valence-electron chi connectivity index (χ2n) is 4.44. The van der Waals surface area contributed by atoms with Crippen LogP contribution < -0.4 is 44.1 Å². The van der Waals surface area contributed by atoms with Crippen LogP contribution in [0, 0.1) is 0 Å². The maximum atomic E-state index is 10.6. The summed E-state index contributed by atoms with van der Waals surface area (Å²) < 4.78 is 10.8. The molecule has 0 radical (unpaired) electrons. The zero-order chi connectivity index (χ0) is 15.2. The number of para-hydroxylation sites is 1. The van der Waals surface area contributed by atoms with Gasteiger partial charge in [-0.05, 0) is 36.8 Å². The van der Waals surface area contributed by atoms with Crippen LogP contribution in [0.5, 0.6) is 11.5 Å². The predicted octanol–water partition coefficient (Wildman–Crippen LogP) is -0.560. The number of carboxylic acids is 1. The number of hydrogen-bond donors (Lipinski definition) is 0. The van der Waals surface area contributed by atoms with E-state index in [0.717, 1.165) is 5.56 Å². The molecule has 4 nitrogen and oxygen atoms in total. The minimum absolute atomic E-state index is 0. The third-order valence-corrected chi connectivity index (χ3v) is 3.11. The Morgan fingerprint density at radius 2 is 1.82 bits per heavy atom. The standard InChI is InChI=1S/C16H15ClO4.Na/c1-11(16(18)19)21-13-8-6-12(7-9-13)10-20-15-5-3-2-4-14(15)17;/h2-9,11H,10H2,1H3,(H,18,19);/q;+1/p-1. The SMILES string of the molecule is CC(Oc1ccc(COc2ccccc2Cl)cc1)C(=O)[O-].[Na+]. The quantitative estimate of drug-likeness (QED) is 0.667. The first-order valence-corrected chi connectivity index (χ1v) is 6.78. The largest absolute Gasteiger partial charge is 1.00 e. The number of ether oxygens (including phenoxy) is 2. The molecule has 22 heavy (non-hydrogen) atoms. The van der Waals surface area contributed by atoms with Crippen LogP contribution in [0.3, 0.4) is 0 Å². The van der Waals surface area contributed by atoms with Gasteiger partial charge < -0.3 is 19.4 Å². The van der Waals surface area contributed by atoms with Crippen LogP contribution in [0.15, 0.2) is 48.5 Å². The number of carbonyl (C=O) groups is 1. The second kappa shape index (κ2) is 9.06. The normalized spacial score (nSPS) is 11.2. The smallest absolute Gasteiger partial charge is 0.546 e. The molecule has 0 saturated heterocycles. The summed E-state index contributed by atoms with van der Waals surface area (Å²) in [5, 5.41) is 11.1. The molecule has 0 aromatic heterocycles. The van der Waals surface area contributed by atoms with E-state index in [2.05, 4.69) is 0 Å². The van der Waals surface area contributed by atoms with Crippen molar-refractivity contribution in [2.75, 3.05) is 0 Å². The van der Waals surface area contributed by atoms with Gasteiger partial charge in [-0.3, -0.25) is 0 Å². The van der Waals surface area contributed by atoms with Crippen LogP contribution in [0.2, 0.25) is 5.02 Å². The number of benzene rings is 2. The van der Waals surface area contributed by atoms with E-state index in [0.29, 0.717) is 23.1 Å². The van der Waals surface area contributed by atoms with Crippen molar-refractivity contribution in [1.29, 1.82) is 0 Å². The third kappa shape index (κ3) is 5.54. The van der Waals surface area contributed by atoms with Gasteiger partial charge in [0.1, 0.15) is 24.2 Å². The zero-order valence-corrected chi connectivity index (χ0v) is 15.2. The molecular formula is C16H14ClNaO4. The van der Waals surface area contributed by atoms with Gasteiger partial charge >= 0.3 is 29.6 Å². The van der Waals surface area contributed by atoms with Crippen LogP contribution in [0.1, 0.15) is 12.5 Å². The Morgan fingerprint density at radius 1 is 1.18 bits per heavy atom. The van der Waals surface area contributed by atoms with E-state index < -0.39 is 12.1 Å².